The number of aromatic nitrogens is 3. The van der Waals surface area contributed by atoms with Crippen molar-refractivity contribution in [3.63, 3.8) is 0 Å². The number of fused-ring (bicyclic) bond motifs is 1. The van der Waals surface area contributed by atoms with Gasteiger partial charge in [-0.15, -0.1) is 0 Å². The summed E-state index contributed by atoms with van der Waals surface area (Å²) in [6.07, 6.45) is 3.38. The second-order valence-corrected chi connectivity index (χ2v) is 9.24. The van der Waals surface area contributed by atoms with Crippen molar-refractivity contribution < 1.29 is 13.2 Å². The second kappa shape index (κ2) is 8.22. The van der Waals surface area contributed by atoms with Crippen molar-refractivity contribution >= 4 is 21.2 Å². The van der Waals surface area contributed by atoms with E-state index in [1.54, 1.807) is 29.7 Å². The number of benzene rings is 1. The van der Waals surface area contributed by atoms with Crippen LogP contribution in [0.25, 0.3) is 11.2 Å². The Hall–Kier alpha value is -2.29. The Balaban J connectivity index is 1.61. The lowest BCUT2D eigenvalue weighted by Crippen LogP contribution is -2.29. The summed E-state index contributed by atoms with van der Waals surface area (Å²) >= 11 is 0. The van der Waals surface area contributed by atoms with Gasteiger partial charge in [0.05, 0.1) is 11.5 Å². The summed E-state index contributed by atoms with van der Waals surface area (Å²) in [7, 11) is -1.84. The lowest BCUT2D eigenvalue weighted by Gasteiger charge is -2.17. The first-order chi connectivity index (χ1) is 14.0. The Morgan fingerprint density at radius 3 is 2.72 bits per heavy atom. The van der Waals surface area contributed by atoms with Crippen LogP contribution in [0.5, 0.6) is 0 Å². The smallest absolute Gasteiger partial charge is 0.243 e. The number of nitrogens with zero attached hydrogens (tertiary/aromatic N) is 4. The molecule has 1 fully saturated rings. The first-order valence-electron chi connectivity index (χ1n) is 9.93. The van der Waals surface area contributed by atoms with Crippen LogP contribution in [-0.2, 0) is 27.7 Å². The summed E-state index contributed by atoms with van der Waals surface area (Å²) in [5.74, 6) is 0.917. The van der Waals surface area contributed by atoms with Crippen molar-refractivity contribution in [3.8, 4) is 0 Å². The standard InChI is InChI=1S/C21H26N4O3S/c1-3-16-6-8-18(9-7-16)29(26,27)24-12-10-17(15-24)20-23-19-5-4-11-22-21(19)25(20)13-14-28-2/h4-9,11,17H,3,10,12-15H2,1-2H3/t17-/m0/s1. The maximum absolute atomic E-state index is 13.1. The van der Waals surface area contributed by atoms with Crippen molar-refractivity contribution in [1.82, 2.24) is 18.8 Å². The van der Waals surface area contributed by atoms with E-state index in [0.717, 1.165) is 35.4 Å². The highest BCUT2D eigenvalue weighted by Gasteiger charge is 2.35. The fraction of sp³-hybridized carbons (Fsp3) is 0.429. The minimum absolute atomic E-state index is 0.0331. The van der Waals surface area contributed by atoms with E-state index in [4.69, 9.17) is 9.72 Å². The fourth-order valence-corrected chi connectivity index (χ4v) is 5.39. The van der Waals surface area contributed by atoms with Crippen LogP contribution in [-0.4, -0.2) is 54.1 Å². The van der Waals surface area contributed by atoms with Crippen LogP contribution in [0.2, 0.25) is 0 Å². The minimum Gasteiger partial charge on any atom is -0.383 e. The molecule has 3 heterocycles. The molecule has 1 saturated heterocycles. The molecule has 1 aliphatic heterocycles. The van der Waals surface area contributed by atoms with Crippen LogP contribution in [0.3, 0.4) is 0 Å². The first kappa shape index (κ1) is 20.0. The molecule has 7 nitrogen and oxygen atoms in total. The van der Waals surface area contributed by atoms with E-state index in [1.807, 2.05) is 24.3 Å². The summed E-state index contributed by atoms with van der Waals surface area (Å²) in [4.78, 5) is 9.61. The van der Waals surface area contributed by atoms with Crippen molar-refractivity contribution in [1.29, 1.82) is 0 Å². The van der Waals surface area contributed by atoms with Crippen LogP contribution >= 0.6 is 0 Å². The molecule has 1 aliphatic rings. The monoisotopic (exact) mass is 414 g/mol. The predicted octanol–water partition coefficient (Wildman–Crippen LogP) is 2.82. The molecule has 2 aromatic heterocycles. The van der Waals surface area contributed by atoms with Gasteiger partial charge >= 0.3 is 0 Å². The maximum atomic E-state index is 13.1. The Labute approximate surface area is 171 Å². The highest BCUT2D eigenvalue weighted by molar-refractivity contribution is 7.89. The molecule has 0 aliphatic carbocycles. The molecular weight excluding hydrogens is 388 g/mol. The molecule has 8 heteroatoms. The Bertz CT molecular complexity index is 1090. The molecule has 1 atom stereocenters. The third-order valence-electron chi connectivity index (χ3n) is 5.54. The zero-order chi connectivity index (χ0) is 20.4. The van der Waals surface area contributed by atoms with Crippen molar-refractivity contribution in [3.05, 3.63) is 54.0 Å². The van der Waals surface area contributed by atoms with E-state index < -0.39 is 10.0 Å². The predicted molar refractivity (Wildman–Crippen MR) is 111 cm³/mol. The van der Waals surface area contributed by atoms with Gasteiger partial charge in [0.15, 0.2) is 5.65 Å². The molecule has 154 valence electrons. The number of sulfonamides is 1. The molecule has 4 rings (SSSR count). The molecule has 0 saturated carbocycles. The molecule has 0 radical (unpaired) electrons. The van der Waals surface area contributed by atoms with Gasteiger partial charge < -0.3 is 9.30 Å². The van der Waals surface area contributed by atoms with Crippen LogP contribution in [0.1, 0.15) is 30.7 Å². The summed E-state index contributed by atoms with van der Waals surface area (Å²) in [6.45, 7) is 4.16. The number of methoxy groups -OCH3 is 1. The Morgan fingerprint density at radius 2 is 2.00 bits per heavy atom. The SMILES string of the molecule is CCc1ccc(S(=O)(=O)N2CC[C@H](c3nc4cccnc4n3CCOC)C2)cc1. The fourth-order valence-electron chi connectivity index (χ4n) is 3.89. The maximum Gasteiger partial charge on any atom is 0.243 e. The highest BCUT2D eigenvalue weighted by Crippen LogP contribution is 2.32. The van der Waals surface area contributed by atoms with E-state index in [1.165, 1.54) is 0 Å². The molecular formula is C21H26N4O3S. The summed E-state index contributed by atoms with van der Waals surface area (Å²) in [5.41, 5.74) is 2.77. The van der Waals surface area contributed by atoms with Gasteiger partial charge in [0.2, 0.25) is 10.0 Å². The first-order valence-corrected chi connectivity index (χ1v) is 11.4. The third kappa shape index (κ3) is 3.80. The van der Waals surface area contributed by atoms with Crippen LogP contribution in [0, 0.1) is 0 Å². The van der Waals surface area contributed by atoms with Gasteiger partial charge in [-0.3, -0.25) is 0 Å². The van der Waals surface area contributed by atoms with Gasteiger partial charge in [-0.2, -0.15) is 4.31 Å². The molecule has 0 amide bonds. The van der Waals surface area contributed by atoms with E-state index in [2.05, 4.69) is 16.5 Å². The van der Waals surface area contributed by atoms with E-state index in [0.29, 0.717) is 31.1 Å². The molecule has 0 bridgehead atoms. The van der Waals surface area contributed by atoms with Gasteiger partial charge in [-0.1, -0.05) is 19.1 Å². The van der Waals surface area contributed by atoms with E-state index >= 15 is 0 Å². The van der Waals surface area contributed by atoms with Crippen LogP contribution < -0.4 is 0 Å². The normalized spacial score (nSPS) is 17.9. The lowest BCUT2D eigenvalue weighted by atomic mass is 10.1. The van der Waals surface area contributed by atoms with Gasteiger partial charge in [-0.05, 0) is 42.7 Å². The molecule has 0 unspecified atom stereocenters. The van der Waals surface area contributed by atoms with Crippen molar-refractivity contribution in [2.75, 3.05) is 26.8 Å². The van der Waals surface area contributed by atoms with Crippen LogP contribution in [0.4, 0.5) is 0 Å². The van der Waals surface area contributed by atoms with Gasteiger partial charge in [0, 0.05) is 38.9 Å². The number of rotatable bonds is 7. The molecule has 0 N–H and O–H groups in total. The molecule has 3 aromatic rings. The van der Waals surface area contributed by atoms with Crippen molar-refractivity contribution in [2.45, 2.75) is 37.1 Å². The average Bonchev–Trinajstić information content (AvgIpc) is 3.37. The highest BCUT2D eigenvalue weighted by atomic mass is 32.2. The number of ether oxygens (including phenoxy) is 1. The Morgan fingerprint density at radius 1 is 1.21 bits per heavy atom. The quantitative estimate of drug-likeness (QED) is 0.594. The Kier molecular flexibility index (Phi) is 5.67. The third-order valence-corrected chi connectivity index (χ3v) is 7.42. The number of aryl methyl sites for hydroxylation is 1. The van der Waals surface area contributed by atoms with Crippen LogP contribution in [0.15, 0.2) is 47.5 Å². The number of imidazole rings is 1. The molecule has 29 heavy (non-hydrogen) atoms. The molecule has 1 aromatic carbocycles. The zero-order valence-corrected chi connectivity index (χ0v) is 17.6. The van der Waals surface area contributed by atoms with Gasteiger partial charge in [-0.25, -0.2) is 18.4 Å². The van der Waals surface area contributed by atoms with Crippen molar-refractivity contribution in [2.24, 2.45) is 0 Å². The van der Waals surface area contributed by atoms with Gasteiger partial charge in [0.1, 0.15) is 11.3 Å². The largest absolute Gasteiger partial charge is 0.383 e. The molecule has 0 spiro atoms. The number of hydrogen-bond acceptors (Lipinski definition) is 5. The number of pyridine rings is 1. The average molecular weight is 415 g/mol. The van der Waals surface area contributed by atoms with E-state index in [-0.39, 0.29) is 5.92 Å². The summed E-state index contributed by atoms with van der Waals surface area (Å²) in [6, 6.07) is 11.0. The zero-order valence-electron chi connectivity index (χ0n) is 16.8. The minimum atomic E-state index is -3.51. The summed E-state index contributed by atoms with van der Waals surface area (Å²) < 4.78 is 35.1. The topological polar surface area (TPSA) is 77.3 Å². The van der Waals surface area contributed by atoms with Gasteiger partial charge in [0.25, 0.3) is 0 Å². The second-order valence-electron chi connectivity index (χ2n) is 7.31. The lowest BCUT2D eigenvalue weighted by molar-refractivity contribution is 0.187. The number of hydrogen-bond donors (Lipinski definition) is 0. The van der Waals surface area contributed by atoms with E-state index in [9.17, 15) is 8.42 Å². The summed E-state index contributed by atoms with van der Waals surface area (Å²) in [5, 5.41) is 0.